The number of rotatable bonds is 2. The van der Waals surface area contributed by atoms with E-state index in [1.54, 1.807) is 0 Å². The van der Waals surface area contributed by atoms with E-state index in [4.69, 9.17) is 0 Å². The van der Waals surface area contributed by atoms with E-state index in [0.29, 0.717) is 25.7 Å². The Hall–Kier alpha value is -1.60. The Bertz CT molecular complexity index is 626. The fourth-order valence-corrected chi connectivity index (χ4v) is 3.96. The van der Waals surface area contributed by atoms with E-state index in [2.05, 4.69) is 0 Å². The molecule has 2 fully saturated rings. The number of aliphatic hydroxyl groups is 2. The summed E-state index contributed by atoms with van der Waals surface area (Å²) in [5.74, 6) is -0.514. The molecule has 1 saturated heterocycles. The van der Waals surface area contributed by atoms with Crippen LogP contribution < -0.4 is 0 Å². The molecule has 4 nitrogen and oxygen atoms in total. The van der Waals surface area contributed by atoms with Crippen molar-refractivity contribution >= 4 is 5.91 Å². The number of aliphatic hydroxyl groups excluding tert-OH is 2. The van der Waals surface area contributed by atoms with Crippen molar-refractivity contribution in [2.45, 2.75) is 56.5 Å². The summed E-state index contributed by atoms with van der Waals surface area (Å²) in [5, 5.41) is 19.6. The number of β-amino-alcohol motifs (C(OH)–C–C–N with tert-alkyl or cyclic N) is 1. The van der Waals surface area contributed by atoms with E-state index in [1.165, 1.54) is 23.1 Å². The predicted molar refractivity (Wildman–Crippen MR) is 84.5 cm³/mol. The first-order chi connectivity index (χ1) is 11.8. The number of carbonyl (C=O) groups excluding carboxylic acids is 1. The van der Waals surface area contributed by atoms with Crippen molar-refractivity contribution < 1.29 is 28.2 Å². The van der Waals surface area contributed by atoms with Gasteiger partial charge < -0.3 is 15.1 Å². The summed E-state index contributed by atoms with van der Waals surface area (Å²) in [6.07, 6.45) is -3.53. The summed E-state index contributed by atoms with van der Waals surface area (Å²) >= 11 is 0. The molecule has 1 aliphatic carbocycles. The Balaban J connectivity index is 1.87. The molecule has 1 aliphatic heterocycles. The van der Waals surface area contributed by atoms with Gasteiger partial charge in [-0.15, -0.1) is 0 Å². The van der Waals surface area contributed by atoms with Crippen LogP contribution in [0.2, 0.25) is 0 Å². The van der Waals surface area contributed by atoms with Gasteiger partial charge in [-0.1, -0.05) is 18.2 Å². The normalized spacial score (nSPS) is 30.5. The van der Waals surface area contributed by atoms with Crippen molar-refractivity contribution in [2.75, 3.05) is 6.54 Å². The minimum Gasteiger partial charge on any atom is -0.393 e. The van der Waals surface area contributed by atoms with Gasteiger partial charge in [0.25, 0.3) is 0 Å². The van der Waals surface area contributed by atoms with Gasteiger partial charge in [-0.3, -0.25) is 4.79 Å². The third-order valence-corrected chi connectivity index (χ3v) is 5.23. The van der Waals surface area contributed by atoms with Crippen LogP contribution >= 0.6 is 0 Å². The van der Waals surface area contributed by atoms with E-state index in [1.807, 2.05) is 0 Å². The summed E-state index contributed by atoms with van der Waals surface area (Å²) in [6, 6.07) is 4.48. The van der Waals surface area contributed by atoms with Crippen LogP contribution in [0.1, 0.15) is 49.3 Å². The molecule has 2 N–H and O–H groups in total. The number of halogens is 3. The lowest BCUT2D eigenvalue weighted by atomic mass is 9.86. The number of benzene rings is 1. The molecule has 0 spiro atoms. The first kappa shape index (κ1) is 18.2. The second-order valence-corrected chi connectivity index (χ2v) is 6.99. The van der Waals surface area contributed by atoms with E-state index < -0.39 is 30.0 Å². The third-order valence-electron chi connectivity index (χ3n) is 5.23. The highest BCUT2D eigenvalue weighted by atomic mass is 19.4. The van der Waals surface area contributed by atoms with Gasteiger partial charge in [-0.05, 0) is 43.7 Å². The first-order valence-corrected chi connectivity index (χ1v) is 8.60. The predicted octanol–water partition coefficient (Wildman–Crippen LogP) is 2.89. The van der Waals surface area contributed by atoms with Crippen LogP contribution in [0.5, 0.6) is 0 Å². The maximum atomic E-state index is 13.3. The smallest absolute Gasteiger partial charge is 0.393 e. The van der Waals surface area contributed by atoms with Gasteiger partial charge in [0, 0.05) is 12.5 Å². The summed E-state index contributed by atoms with van der Waals surface area (Å²) < 4.78 is 40.0. The lowest BCUT2D eigenvalue weighted by Crippen LogP contribution is -2.39. The molecular formula is C18H22F3NO3. The first-order valence-electron chi connectivity index (χ1n) is 8.60. The minimum absolute atomic E-state index is 0.0377. The standard InChI is InChI=1S/C18H22F3NO3/c19-18(20,21)15-4-2-1-3-14(15)16-9-13(24)10-22(16)17(25)11-5-7-12(23)8-6-11/h1-4,11-13,16,23-24H,5-10H2/t11?,12?,13-,16-/m1/s1. The highest BCUT2D eigenvalue weighted by molar-refractivity contribution is 5.80. The van der Waals surface area contributed by atoms with Crippen LogP contribution in [0.3, 0.4) is 0 Å². The van der Waals surface area contributed by atoms with Gasteiger partial charge in [-0.25, -0.2) is 0 Å². The Morgan fingerprint density at radius 1 is 1.04 bits per heavy atom. The Labute approximate surface area is 144 Å². The van der Waals surface area contributed by atoms with Crippen LogP contribution in [0.15, 0.2) is 24.3 Å². The van der Waals surface area contributed by atoms with E-state index in [-0.39, 0.29) is 30.4 Å². The Morgan fingerprint density at radius 2 is 1.68 bits per heavy atom. The Morgan fingerprint density at radius 3 is 2.32 bits per heavy atom. The van der Waals surface area contributed by atoms with Crippen molar-refractivity contribution in [1.82, 2.24) is 4.90 Å². The molecule has 1 aromatic carbocycles. The van der Waals surface area contributed by atoms with Crippen LogP contribution in [-0.2, 0) is 11.0 Å². The van der Waals surface area contributed by atoms with Gasteiger partial charge in [0.05, 0.1) is 23.8 Å². The fraction of sp³-hybridized carbons (Fsp3) is 0.611. The molecule has 2 atom stereocenters. The van der Waals surface area contributed by atoms with Crippen molar-refractivity contribution in [2.24, 2.45) is 5.92 Å². The summed E-state index contributed by atoms with van der Waals surface area (Å²) in [6.45, 7) is 0.0503. The maximum absolute atomic E-state index is 13.3. The number of hydrogen-bond acceptors (Lipinski definition) is 3. The third kappa shape index (κ3) is 3.82. The topological polar surface area (TPSA) is 60.8 Å². The summed E-state index contributed by atoms with van der Waals surface area (Å²) in [5.41, 5.74) is -0.721. The van der Waals surface area contributed by atoms with E-state index >= 15 is 0 Å². The summed E-state index contributed by atoms with van der Waals surface area (Å²) in [4.78, 5) is 14.2. The number of amides is 1. The second kappa shape index (κ2) is 6.96. The molecule has 1 heterocycles. The molecule has 0 radical (unpaired) electrons. The lowest BCUT2D eigenvalue weighted by Gasteiger charge is -2.32. The highest BCUT2D eigenvalue weighted by Gasteiger charge is 2.43. The SMILES string of the molecule is O=C(C1CCC(O)CC1)N1C[C@H](O)C[C@@H]1c1ccccc1C(F)(F)F. The van der Waals surface area contributed by atoms with Gasteiger partial charge in [0.15, 0.2) is 0 Å². The highest BCUT2D eigenvalue weighted by Crippen LogP contribution is 2.41. The zero-order valence-corrected chi connectivity index (χ0v) is 13.7. The molecule has 0 unspecified atom stereocenters. The molecule has 138 valence electrons. The number of carbonyl (C=O) groups is 1. The van der Waals surface area contributed by atoms with Crippen LogP contribution in [0.25, 0.3) is 0 Å². The van der Waals surface area contributed by atoms with Gasteiger partial charge >= 0.3 is 6.18 Å². The molecule has 1 saturated carbocycles. The molecule has 1 aromatic rings. The maximum Gasteiger partial charge on any atom is 0.416 e. The lowest BCUT2D eigenvalue weighted by molar-refractivity contribution is -0.142. The van der Waals surface area contributed by atoms with Gasteiger partial charge in [0.1, 0.15) is 0 Å². The van der Waals surface area contributed by atoms with E-state index in [9.17, 15) is 28.2 Å². The monoisotopic (exact) mass is 357 g/mol. The van der Waals surface area contributed by atoms with Gasteiger partial charge in [-0.2, -0.15) is 13.2 Å². The Kier molecular flexibility index (Phi) is 5.06. The number of alkyl halides is 3. The van der Waals surface area contributed by atoms with Crippen molar-refractivity contribution in [3.63, 3.8) is 0 Å². The molecule has 7 heteroatoms. The molecule has 1 amide bonds. The fourth-order valence-electron chi connectivity index (χ4n) is 3.96. The number of likely N-dealkylation sites (tertiary alicyclic amines) is 1. The molecule has 0 aromatic heterocycles. The molecule has 2 aliphatic rings. The van der Waals surface area contributed by atoms with Crippen molar-refractivity contribution in [3.8, 4) is 0 Å². The molecule has 0 bridgehead atoms. The van der Waals surface area contributed by atoms with Crippen molar-refractivity contribution in [3.05, 3.63) is 35.4 Å². The minimum atomic E-state index is -4.51. The quantitative estimate of drug-likeness (QED) is 0.856. The van der Waals surface area contributed by atoms with Gasteiger partial charge in [0.2, 0.25) is 5.91 Å². The average molecular weight is 357 g/mol. The average Bonchev–Trinajstić information content (AvgIpc) is 2.96. The second-order valence-electron chi connectivity index (χ2n) is 6.99. The molecular weight excluding hydrogens is 335 g/mol. The van der Waals surface area contributed by atoms with E-state index in [0.717, 1.165) is 6.07 Å². The number of nitrogens with zero attached hydrogens (tertiary/aromatic N) is 1. The summed E-state index contributed by atoms with van der Waals surface area (Å²) in [7, 11) is 0. The largest absolute Gasteiger partial charge is 0.416 e. The van der Waals surface area contributed by atoms with Crippen LogP contribution in [-0.4, -0.2) is 39.8 Å². The van der Waals surface area contributed by atoms with Crippen LogP contribution in [0.4, 0.5) is 13.2 Å². The molecule has 3 rings (SSSR count). The zero-order chi connectivity index (χ0) is 18.2. The zero-order valence-electron chi connectivity index (χ0n) is 13.7. The molecule has 25 heavy (non-hydrogen) atoms. The van der Waals surface area contributed by atoms with Crippen LogP contribution in [0, 0.1) is 5.92 Å². The van der Waals surface area contributed by atoms with Crippen molar-refractivity contribution in [1.29, 1.82) is 0 Å². The number of hydrogen-bond donors (Lipinski definition) is 2.